The maximum Gasteiger partial charge on any atom is 0.249 e. The molecule has 134 valence electrons. The first kappa shape index (κ1) is 17.3. The minimum Gasteiger partial charge on any atom is -0.493 e. The summed E-state index contributed by atoms with van der Waals surface area (Å²) in [6.45, 7) is 3.24. The highest BCUT2D eigenvalue weighted by molar-refractivity contribution is 5.60. The van der Waals surface area contributed by atoms with Crippen LogP contribution in [0.25, 0.3) is 0 Å². The summed E-state index contributed by atoms with van der Waals surface area (Å²) in [4.78, 5) is 7.00. The van der Waals surface area contributed by atoms with E-state index in [1.807, 2.05) is 18.2 Å². The fourth-order valence-corrected chi connectivity index (χ4v) is 3.26. The van der Waals surface area contributed by atoms with E-state index in [0.717, 1.165) is 24.5 Å². The molecule has 25 heavy (non-hydrogen) atoms. The summed E-state index contributed by atoms with van der Waals surface area (Å²) in [7, 11) is 3.23. The molecule has 1 N–H and O–H groups in total. The van der Waals surface area contributed by atoms with Crippen LogP contribution in [0.15, 0.2) is 24.4 Å². The molecule has 1 saturated heterocycles. The molecule has 7 nitrogen and oxygen atoms in total. The molecule has 1 aliphatic heterocycles. The van der Waals surface area contributed by atoms with Gasteiger partial charge in [0.2, 0.25) is 5.95 Å². The Labute approximate surface area is 148 Å². The topological polar surface area (TPSA) is 72.4 Å². The van der Waals surface area contributed by atoms with E-state index >= 15 is 0 Å². The Balaban J connectivity index is 1.80. The lowest BCUT2D eigenvalue weighted by Crippen LogP contribution is -2.39. The first-order valence-corrected chi connectivity index (χ1v) is 8.70. The molecule has 1 aromatic carbocycles. The quantitative estimate of drug-likeness (QED) is 0.861. The molecular formula is C18H25N5O2. The van der Waals surface area contributed by atoms with Crippen molar-refractivity contribution in [2.45, 2.75) is 38.6 Å². The van der Waals surface area contributed by atoms with E-state index in [9.17, 15) is 0 Å². The van der Waals surface area contributed by atoms with Gasteiger partial charge < -0.3 is 19.7 Å². The van der Waals surface area contributed by atoms with Gasteiger partial charge in [-0.1, -0.05) is 6.92 Å². The zero-order chi connectivity index (χ0) is 17.6. The Hall–Kier alpha value is -2.57. The van der Waals surface area contributed by atoms with Crippen molar-refractivity contribution in [3.05, 3.63) is 24.4 Å². The van der Waals surface area contributed by atoms with Crippen LogP contribution in [0, 0.1) is 0 Å². The van der Waals surface area contributed by atoms with Crippen LogP contribution in [0.3, 0.4) is 0 Å². The highest BCUT2D eigenvalue weighted by Gasteiger charge is 2.22. The molecule has 3 rings (SSSR count). The Kier molecular flexibility index (Phi) is 5.53. The monoisotopic (exact) mass is 343 g/mol. The highest BCUT2D eigenvalue weighted by Crippen LogP contribution is 2.31. The number of rotatable bonds is 6. The number of anilines is 3. The average molecular weight is 343 g/mol. The standard InChI is InChI=1S/C18H25N5O2/c1-4-14-7-5-6-10-23(14)17-12-19-22-18(21-17)20-13-8-9-15(24-2)16(11-13)25-3/h8-9,11-12,14H,4-7,10H2,1-3H3,(H,20,21,22). The van der Waals surface area contributed by atoms with Crippen LogP contribution in [0.5, 0.6) is 11.5 Å². The average Bonchev–Trinajstić information content (AvgIpc) is 2.68. The Bertz CT molecular complexity index is 710. The molecule has 2 heterocycles. The molecule has 2 aromatic rings. The van der Waals surface area contributed by atoms with E-state index in [4.69, 9.17) is 9.47 Å². The molecule has 0 saturated carbocycles. The van der Waals surface area contributed by atoms with Crippen LogP contribution in [0.2, 0.25) is 0 Å². The molecule has 1 atom stereocenters. The second kappa shape index (κ2) is 8.00. The van der Waals surface area contributed by atoms with Gasteiger partial charge in [-0.05, 0) is 37.8 Å². The zero-order valence-electron chi connectivity index (χ0n) is 15.0. The molecule has 0 aliphatic carbocycles. The molecule has 0 bridgehead atoms. The predicted octanol–water partition coefficient (Wildman–Crippen LogP) is 3.40. The summed E-state index contributed by atoms with van der Waals surface area (Å²) >= 11 is 0. The van der Waals surface area contributed by atoms with Gasteiger partial charge in [0.15, 0.2) is 17.3 Å². The molecule has 1 aliphatic rings. The van der Waals surface area contributed by atoms with Gasteiger partial charge in [-0.3, -0.25) is 0 Å². The fourth-order valence-electron chi connectivity index (χ4n) is 3.26. The fraction of sp³-hybridized carbons (Fsp3) is 0.500. The lowest BCUT2D eigenvalue weighted by Gasteiger charge is -2.35. The minimum atomic E-state index is 0.477. The smallest absolute Gasteiger partial charge is 0.249 e. The summed E-state index contributed by atoms with van der Waals surface area (Å²) in [5, 5.41) is 11.4. The van der Waals surface area contributed by atoms with Crippen molar-refractivity contribution >= 4 is 17.5 Å². The zero-order valence-corrected chi connectivity index (χ0v) is 15.0. The molecule has 0 amide bonds. The normalized spacial score (nSPS) is 17.2. The number of hydrogen-bond acceptors (Lipinski definition) is 7. The first-order chi connectivity index (χ1) is 12.2. The van der Waals surface area contributed by atoms with E-state index in [0.29, 0.717) is 23.5 Å². The first-order valence-electron chi connectivity index (χ1n) is 8.70. The van der Waals surface area contributed by atoms with Crippen molar-refractivity contribution in [3.8, 4) is 11.5 Å². The van der Waals surface area contributed by atoms with Crippen LogP contribution in [0.1, 0.15) is 32.6 Å². The van der Waals surface area contributed by atoms with Crippen LogP contribution in [0.4, 0.5) is 17.5 Å². The van der Waals surface area contributed by atoms with Crippen molar-refractivity contribution in [1.82, 2.24) is 15.2 Å². The van der Waals surface area contributed by atoms with Crippen molar-refractivity contribution in [1.29, 1.82) is 0 Å². The second-order valence-corrected chi connectivity index (χ2v) is 6.08. The van der Waals surface area contributed by atoms with E-state index in [1.54, 1.807) is 20.4 Å². The molecule has 1 fully saturated rings. The minimum absolute atomic E-state index is 0.477. The third-order valence-corrected chi connectivity index (χ3v) is 4.58. The van der Waals surface area contributed by atoms with Gasteiger partial charge in [0, 0.05) is 24.3 Å². The summed E-state index contributed by atoms with van der Waals surface area (Å²) < 4.78 is 10.6. The van der Waals surface area contributed by atoms with Gasteiger partial charge in [-0.2, -0.15) is 10.1 Å². The van der Waals surface area contributed by atoms with E-state index in [2.05, 4.69) is 32.3 Å². The molecule has 1 unspecified atom stereocenters. The Morgan fingerprint density at radius 1 is 1.20 bits per heavy atom. The van der Waals surface area contributed by atoms with Gasteiger partial charge in [0.05, 0.1) is 20.4 Å². The molecular weight excluding hydrogens is 318 g/mol. The SMILES string of the molecule is CCC1CCCCN1c1cnnc(Nc2ccc(OC)c(OC)c2)n1. The summed E-state index contributed by atoms with van der Waals surface area (Å²) in [6.07, 6.45) is 6.54. The second-order valence-electron chi connectivity index (χ2n) is 6.08. The van der Waals surface area contributed by atoms with Gasteiger partial charge >= 0.3 is 0 Å². The summed E-state index contributed by atoms with van der Waals surface area (Å²) in [6, 6.07) is 6.12. The van der Waals surface area contributed by atoms with Gasteiger partial charge in [-0.15, -0.1) is 5.10 Å². The Morgan fingerprint density at radius 3 is 2.80 bits per heavy atom. The van der Waals surface area contributed by atoms with E-state index in [-0.39, 0.29) is 0 Å². The van der Waals surface area contributed by atoms with Gasteiger partial charge in [-0.25, -0.2) is 0 Å². The van der Waals surface area contributed by atoms with Crippen molar-refractivity contribution in [2.24, 2.45) is 0 Å². The van der Waals surface area contributed by atoms with Gasteiger partial charge in [0.1, 0.15) is 0 Å². The van der Waals surface area contributed by atoms with Crippen molar-refractivity contribution < 1.29 is 9.47 Å². The predicted molar refractivity (Wildman–Crippen MR) is 97.9 cm³/mol. The lowest BCUT2D eigenvalue weighted by atomic mass is 10.0. The van der Waals surface area contributed by atoms with Crippen LogP contribution in [-0.4, -0.2) is 42.0 Å². The van der Waals surface area contributed by atoms with E-state index in [1.165, 1.54) is 19.3 Å². The van der Waals surface area contributed by atoms with Crippen LogP contribution >= 0.6 is 0 Å². The summed E-state index contributed by atoms with van der Waals surface area (Å²) in [5.74, 6) is 2.69. The summed E-state index contributed by atoms with van der Waals surface area (Å²) in [5.41, 5.74) is 0.822. The van der Waals surface area contributed by atoms with Crippen LogP contribution in [-0.2, 0) is 0 Å². The highest BCUT2D eigenvalue weighted by atomic mass is 16.5. The van der Waals surface area contributed by atoms with Crippen molar-refractivity contribution in [3.63, 3.8) is 0 Å². The maximum absolute atomic E-state index is 5.33. The van der Waals surface area contributed by atoms with Crippen molar-refractivity contribution in [2.75, 3.05) is 31.0 Å². The van der Waals surface area contributed by atoms with Crippen LogP contribution < -0.4 is 19.7 Å². The lowest BCUT2D eigenvalue weighted by molar-refractivity contribution is 0.355. The number of piperidine rings is 1. The number of methoxy groups -OCH3 is 2. The maximum atomic E-state index is 5.33. The van der Waals surface area contributed by atoms with E-state index < -0.39 is 0 Å². The molecule has 0 radical (unpaired) electrons. The molecule has 7 heteroatoms. The third kappa shape index (κ3) is 3.92. The molecule has 0 spiro atoms. The number of nitrogens with one attached hydrogen (secondary N) is 1. The molecule has 1 aromatic heterocycles. The number of benzene rings is 1. The van der Waals surface area contributed by atoms with Gasteiger partial charge in [0.25, 0.3) is 0 Å². The number of aromatic nitrogens is 3. The number of hydrogen-bond donors (Lipinski definition) is 1. The number of nitrogens with zero attached hydrogens (tertiary/aromatic N) is 4. The third-order valence-electron chi connectivity index (χ3n) is 4.58. The number of ether oxygens (including phenoxy) is 2. The largest absolute Gasteiger partial charge is 0.493 e. The Morgan fingerprint density at radius 2 is 2.04 bits per heavy atom.